The van der Waals surface area contributed by atoms with Crippen LogP contribution < -0.4 is 26.4 Å². The van der Waals surface area contributed by atoms with Crippen LogP contribution in [0.25, 0.3) is 0 Å². The molecular formula is C29H28ClN3O5. The number of rotatable bonds is 7. The summed E-state index contributed by atoms with van der Waals surface area (Å²) in [5.41, 5.74) is 1.96. The Labute approximate surface area is 224 Å². The van der Waals surface area contributed by atoms with Crippen molar-refractivity contribution in [1.29, 1.82) is 0 Å². The van der Waals surface area contributed by atoms with E-state index in [4.69, 9.17) is 16.0 Å². The smallest absolute Gasteiger partial charge is 0.337 e. The summed E-state index contributed by atoms with van der Waals surface area (Å²) in [4.78, 5) is 39.1. The van der Waals surface area contributed by atoms with Crippen LogP contribution in [0.5, 0.6) is 0 Å². The van der Waals surface area contributed by atoms with Gasteiger partial charge in [-0.05, 0) is 54.3 Å². The van der Waals surface area contributed by atoms with Crippen LogP contribution in [0.4, 0.5) is 22.7 Å². The second-order valence-corrected chi connectivity index (χ2v) is 11.1. The minimum Gasteiger partial charge on any atom is -0.478 e. The first-order chi connectivity index (χ1) is 18.0. The Balaban J connectivity index is 1.47. The summed E-state index contributed by atoms with van der Waals surface area (Å²) < 4.78 is 5.85. The fourth-order valence-corrected chi connectivity index (χ4v) is 5.16. The highest BCUT2D eigenvalue weighted by Crippen LogP contribution is 2.41. The lowest BCUT2D eigenvalue weighted by Crippen LogP contribution is -2.39. The molecule has 0 saturated heterocycles. The normalized spacial score (nSPS) is 14.0. The molecular weight excluding hydrogens is 506 g/mol. The number of carboxylic acids is 1. The molecule has 5 rings (SSSR count). The Morgan fingerprint density at radius 3 is 2.34 bits per heavy atom. The van der Waals surface area contributed by atoms with Crippen LogP contribution in [-0.2, 0) is 13.1 Å². The van der Waals surface area contributed by atoms with Crippen LogP contribution in [0.1, 0.15) is 59.8 Å². The third kappa shape index (κ3) is 4.45. The highest BCUT2D eigenvalue weighted by atomic mass is 35.5. The number of anilines is 4. The molecule has 9 heteroatoms. The quantitative estimate of drug-likeness (QED) is 0.248. The molecule has 0 aliphatic carbocycles. The first-order valence-corrected chi connectivity index (χ1v) is 12.6. The predicted octanol–water partition coefficient (Wildman–Crippen LogP) is 6.00. The standard InChI is InChI=1S/C29H28ClN3O5/c1-15-9-12-22(38-15)27(29(2,3)4)32-24-23(25(34)26(24)35)31-20-11-10-19(30)17-13-33(14-18(17)20)21-8-6-5-7-16(21)28(36)37/h5-12,27,31-32H,13-14H2,1-4H3,(H,36,37)/t27-/m0/s1. The van der Waals surface area contributed by atoms with Crippen molar-refractivity contribution < 1.29 is 14.3 Å². The number of aryl methyl sites for hydroxylation is 1. The number of carbonyl (C=O) groups is 1. The molecule has 0 unspecified atom stereocenters. The maximum atomic E-state index is 12.7. The van der Waals surface area contributed by atoms with Crippen molar-refractivity contribution in [2.45, 2.75) is 46.8 Å². The molecule has 196 valence electrons. The lowest BCUT2D eigenvalue weighted by atomic mass is 9.85. The molecule has 0 radical (unpaired) electrons. The van der Waals surface area contributed by atoms with Crippen LogP contribution in [0, 0.1) is 12.3 Å². The number of halogens is 1. The van der Waals surface area contributed by atoms with Crippen molar-refractivity contribution in [2.24, 2.45) is 5.41 Å². The van der Waals surface area contributed by atoms with E-state index in [9.17, 15) is 19.5 Å². The molecule has 3 N–H and O–H groups in total. The van der Waals surface area contributed by atoms with Gasteiger partial charge in [-0.25, -0.2) is 4.79 Å². The summed E-state index contributed by atoms with van der Waals surface area (Å²) in [7, 11) is 0. The van der Waals surface area contributed by atoms with Crippen molar-refractivity contribution in [2.75, 3.05) is 15.5 Å². The number of carboxylic acid groups (broad SMARTS) is 1. The van der Waals surface area contributed by atoms with Crippen molar-refractivity contribution in [1.82, 2.24) is 0 Å². The summed E-state index contributed by atoms with van der Waals surface area (Å²) in [6.07, 6.45) is 0. The van der Waals surface area contributed by atoms with Gasteiger partial charge in [0.25, 0.3) is 10.9 Å². The van der Waals surface area contributed by atoms with E-state index in [2.05, 4.69) is 10.6 Å². The van der Waals surface area contributed by atoms with E-state index in [0.717, 1.165) is 16.9 Å². The molecule has 0 spiro atoms. The van der Waals surface area contributed by atoms with Crippen molar-refractivity contribution in [3.63, 3.8) is 0 Å². The van der Waals surface area contributed by atoms with Crippen LogP contribution in [0.3, 0.4) is 0 Å². The molecule has 3 aromatic carbocycles. The molecule has 1 aliphatic heterocycles. The molecule has 38 heavy (non-hydrogen) atoms. The van der Waals surface area contributed by atoms with E-state index in [-0.39, 0.29) is 28.4 Å². The summed E-state index contributed by atoms with van der Waals surface area (Å²) >= 11 is 6.52. The van der Waals surface area contributed by atoms with E-state index < -0.39 is 16.8 Å². The molecule has 0 bridgehead atoms. The van der Waals surface area contributed by atoms with Crippen LogP contribution in [0.15, 0.2) is 62.5 Å². The molecule has 0 amide bonds. The lowest BCUT2D eigenvalue weighted by molar-refractivity contribution is 0.0697. The van der Waals surface area contributed by atoms with Gasteiger partial charge in [0.05, 0.1) is 17.3 Å². The highest BCUT2D eigenvalue weighted by Gasteiger charge is 2.34. The van der Waals surface area contributed by atoms with Gasteiger partial charge >= 0.3 is 5.97 Å². The molecule has 0 fully saturated rings. The Kier molecular flexibility index (Phi) is 6.31. The monoisotopic (exact) mass is 533 g/mol. The van der Waals surface area contributed by atoms with E-state index >= 15 is 0 Å². The predicted molar refractivity (Wildman–Crippen MR) is 149 cm³/mol. The van der Waals surface area contributed by atoms with E-state index in [1.165, 1.54) is 0 Å². The first-order valence-electron chi connectivity index (χ1n) is 12.3. The highest BCUT2D eigenvalue weighted by molar-refractivity contribution is 6.31. The van der Waals surface area contributed by atoms with Crippen molar-refractivity contribution in [3.05, 3.63) is 102 Å². The fourth-order valence-electron chi connectivity index (χ4n) is 4.92. The SMILES string of the molecule is Cc1ccc([C@H](Nc2c(Nc3ccc(Cl)c4c3CN(c3ccccc3C(=O)O)C4)c(=O)c2=O)C(C)(C)C)o1. The largest absolute Gasteiger partial charge is 0.478 e. The molecule has 1 aromatic heterocycles. The second-order valence-electron chi connectivity index (χ2n) is 10.7. The van der Waals surface area contributed by atoms with Crippen LogP contribution in [-0.4, -0.2) is 11.1 Å². The average molecular weight is 534 g/mol. The van der Waals surface area contributed by atoms with Gasteiger partial charge in [-0.15, -0.1) is 0 Å². The number of para-hydroxylation sites is 1. The molecule has 0 saturated carbocycles. The number of nitrogens with zero attached hydrogens (tertiary/aromatic N) is 1. The Morgan fingerprint density at radius 2 is 1.68 bits per heavy atom. The molecule has 8 nitrogen and oxygen atoms in total. The number of benzene rings is 2. The topological polar surface area (TPSA) is 112 Å². The van der Waals surface area contributed by atoms with Gasteiger partial charge < -0.3 is 25.1 Å². The van der Waals surface area contributed by atoms with Crippen LogP contribution >= 0.6 is 11.6 Å². The molecule has 2 heterocycles. The van der Waals surface area contributed by atoms with Gasteiger partial charge in [-0.2, -0.15) is 0 Å². The number of aromatic carboxylic acids is 1. The van der Waals surface area contributed by atoms with Gasteiger partial charge in [0.1, 0.15) is 22.9 Å². The molecule has 1 aliphatic rings. The fraction of sp³-hybridized carbons (Fsp3) is 0.276. The Hall–Kier alpha value is -4.04. The van der Waals surface area contributed by atoms with Crippen LogP contribution in [0.2, 0.25) is 5.02 Å². The lowest BCUT2D eigenvalue weighted by Gasteiger charge is -2.31. The van der Waals surface area contributed by atoms with E-state index in [0.29, 0.717) is 35.2 Å². The van der Waals surface area contributed by atoms with Gasteiger partial charge in [0.2, 0.25) is 0 Å². The number of nitrogens with one attached hydrogen (secondary N) is 2. The van der Waals surface area contributed by atoms with Gasteiger partial charge in [-0.3, -0.25) is 9.59 Å². The van der Waals surface area contributed by atoms with Gasteiger partial charge in [0.15, 0.2) is 0 Å². The zero-order valence-electron chi connectivity index (χ0n) is 21.5. The van der Waals surface area contributed by atoms with E-state index in [1.54, 1.807) is 36.4 Å². The summed E-state index contributed by atoms with van der Waals surface area (Å²) in [5, 5.41) is 16.6. The minimum atomic E-state index is -1.01. The molecule has 1 atom stereocenters. The van der Waals surface area contributed by atoms with Crippen molar-refractivity contribution >= 4 is 40.3 Å². The first kappa shape index (κ1) is 25.6. The number of hydrogen-bond donors (Lipinski definition) is 3. The maximum absolute atomic E-state index is 12.7. The maximum Gasteiger partial charge on any atom is 0.337 e. The Bertz CT molecular complexity index is 1620. The summed E-state index contributed by atoms with van der Waals surface area (Å²) in [6, 6.07) is 13.7. The average Bonchev–Trinajstić information content (AvgIpc) is 3.51. The summed E-state index contributed by atoms with van der Waals surface area (Å²) in [6.45, 7) is 8.73. The number of hydrogen-bond acceptors (Lipinski definition) is 7. The van der Waals surface area contributed by atoms with E-state index in [1.807, 2.05) is 44.7 Å². The van der Waals surface area contributed by atoms with Gasteiger partial charge in [0, 0.05) is 29.4 Å². The molecule has 4 aromatic rings. The third-order valence-corrected chi connectivity index (χ3v) is 7.27. The van der Waals surface area contributed by atoms with Crippen molar-refractivity contribution in [3.8, 4) is 0 Å². The zero-order valence-corrected chi connectivity index (χ0v) is 22.3. The Morgan fingerprint density at radius 1 is 1.00 bits per heavy atom. The van der Waals surface area contributed by atoms with Gasteiger partial charge in [-0.1, -0.05) is 44.5 Å². The summed E-state index contributed by atoms with van der Waals surface area (Å²) in [5.74, 6) is 0.417. The number of fused-ring (bicyclic) bond motifs is 1. The third-order valence-electron chi connectivity index (χ3n) is 6.92. The number of furan rings is 1. The minimum absolute atomic E-state index is 0.182. The second kappa shape index (κ2) is 9.36. The zero-order chi connectivity index (χ0) is 27.4.